The molecule has 9 heteroatoms. The molecule has 1 aliphatic rings. The number of non-ortho nitro benzene ring substituents is 1. The van der Waals surface area contributed by atoms with E-state index in [1.54, 1.807) is 18.2 Å². The molecule has 0 amide bonds. The second kappa shape index (κ2) is 11.9. The van der Waals surface area contributed by atoms with Crippen LogP contribution in [-0.2, 0) is 11.3 Å². The Morgan fingerprint density at radius 1 is 1.16 bits per heavy atom. The fourth-order valence-electron chi connectivity index (χ4n) is 3.57. The number of guanidine groups is 1. The third-order valence-corrected chi connectivity index (χ3v) is 5.31. The van der Waals surface area contributed by atoms with Gasteiger partial charge in [0, 0.05) is 58.1 Å². The smallest absolute Gasteiger partial charge is 0.269 e. The summed E-state index contributed by atoms with van der Waals surface area (Å²) in [6.07, 6.45) is 0.877. The normalized spacial score (nSPS) is 14.5. The minimum atomic E-state index is -0.400. The van der Waals surface area contributed by atoms with Crippen LogP contribution in [0.5, 0.6) is 5.75 Å². The third kappa shape index (κ3) is 6.58. The Bertz CT molecular complexity index is 896. The number of hydrogen-bond donors (Lipinski definition) is 2. The van der Waals surface area contributed by atoms with Gasteiger partial charge in [0.1, 0.15) is 5.75 Å². The molecular weight excluding hydrogens is 410 g/mol. The van der Waals surface area contributed by atoms with Crippen LogP contribution in [0.2, 0.25) is 0 Å². The topological polar surface area (TPSA) is 103 Å². The van der Waals surface area contributed by atoms with Crippen LogP contribution >= 0.6 is 0 Å². The van der Waals surface area contributed by atoms with E-state index in [1.807, 2.05) is 25.1 Å². The van der Waals surface area contributed by atoms with Gasteiger partial charge in [-0.2, -0.15) is 0 Å². The van der Waals surface area contributed by atoms with E-state index < -0.39 is 4.92 Å². The van der Waals surface area contributed by atoms with E-state index in [0.717, 1.165) is 56.4 Å². The summed E-state index contributed by atoms with van der Waals surface area (Å²) >= 11 is 0. The Balaban J connectivity index is 1.63. The lowest BCUT2D eigenvalue weighted by Gasteiger charge is -2.38. The summed E-state index contributed by atoms with van der Waals surface area (Å²) in [6.45, 7) is 7.65. The lowest BCUT2D eigenvalue weighted by atomic mass is 10.2. The van der Waals surface area contributed by atoms with Gasteiger partial charge < -0.3 is 25.0 Å². The van der Waals surface area contributed by atoms with Crippen molar-refractivity contribution >= 4 is 17.3 Å². The summed E-state index contributed by atoms with van der Waals surface area (Å²) in [5, 5.41) is 24.4. The predicted octanol–water partition coefficient (Wildman–Crippen LogP) is 2.99. The van der Waals surface area contributed by atoms with E-state index >= 15 is 0 Å². The molecule has 0 aromatic heterocycles. The highest BCUT2D eigenvalue weighted by atomic mass is 16.6. The number of aliphatic imine (C=N–C) groups is 1. The van der Waals surface area contributed by atoms with E-state index in [2.05, 4.69) is 15.1 Å². The second-order valence-electron chi connectivity index (χ2n) is 7.50. The number of nitro groups is 1. The zero-order valence-corrected chi connectivity index (χ0v) is 18.4. The minimum absolute atomic E-state index is 0.0762. The Kier molecular flexibility index (Phi) is 8.68. The maximum absolute atomic E-state index is 10.9. The van der Waals surface area contributed by atoms with Gasteiger partial charge in [0.05, 0.1) is 17.2 Å². The van der Waals surface area contributed by atoms with Gasteiger partial charge in [0.2, 0.25) is 0 Å². The van der Waals surface area contributed by atoms with Crippen LogP contribution in [-0.4, -0.2) is 66.8 Å². The van der Waals surface area contributed by atoms with Crippen LogP contribution in [0, 0.1) is 10.1 Å². The Hall–Kier alpha value is -3.33. The molecule has 0 aliphatic carbocycles. The van der Waals surface area contributed by atoms with Gasteiger partial charge in [-0.05, 0) is 31.0 Å². The van der Waals surface area contributed by atoms with Crippen LogP contribution in [0.1, 0.15) is 18.9 Å². The average molecular weight is 442 g/mol. The largest absolute Gasteiger partial charge is 0.506 e. The summed E-state index contributed by atoms with van der Waals surface area (Å²) in [7, 11) is 0. The van der Waals surface area contributed by atoms with Crippen molar-refractivity contribution < 1.29 is 14.8 Å². The van der Waals surface area contributed by atoms with Crippen molar-refractivity contribution in [2.24, 2.45) is 4.99 Å². The molecule has 9 nitrogen and oxygen atoms in total. The molecule has 0 spiro atoms. The highest BCUT2D eigenvalue weighted by molar-refractivity contribution is 5.80. The highest BCUT2D eigenvalue weighted by Gasteiger charge is 2.21. The van der Waals surface area contributed by atoms with E-state index in [0.29, 0.717) is 25.5 Å². The molecule has 172 valence electrons. The number of piperazine rings is 1. The molecule has 3 rings (SSSR count). The molecule has 1 heterocycles. The highest BCUT2D eigenvalue weighted by Crippen LogP contribution is 2.27. The molecule has 0 saturated carbocycles. The van der Waals surface area contributed by atoms with E-state index in [4.69, 9.17) is 9.73 Å². The van der Waals surface area contributed by atoms with Crippen molar-refractivity contribution in [3.63, 3.8) is 0 Å². The van der Waals surface area contributed by atoms with Gasteiger partial charge in [-0.3, -0.25) is 10.1 Å². The number of aromatic hydroxyl groups is 1. The fraction of sp³-hybridized carbons (Fsp3) is 0.435. The number of hydrogen-bond acceptors (Lipinski definition) is 6. The first kappa shape index (κ1) is 23.3. The van der Waals surface area contributed by atoms with Crippen LogP contribution in [0.25, 0.3) is 0 Å². The number of nitrogens with zero attached hydrogens (tertiary/aromatic N) is 4. The van der Waals surface area contributed by atoms with Crippen LogP contribution < -0.4 is 10.2 Å². The van der Waals surface area contributed by atoms with Crippen molar-refractivity contribution in [2.75, 3.05) is 50.8 Å². The molecule has 2 aromatic carbocycles. The van der Waals surface area contributed by atoms with Gasteiger partial charge in [0.15, 0.2) is 5.96 Å². The molecule has 2 N–H and O–H groups in total. The van der Waals surface area contributed by atoms with Crippen molar-refractivity contribution in [1.29, 1.82) is 0 Å². The molecule has 1 saturated heterocycles. The lowest BCUT2D eigenvalue weighted by molar-refractivity contribution is -0.384. The SMILES string of the molecule is CCOCCCNC(=NCc1ccc([N+](=O)[O-])cc1)N1CCN(c2ccccc2O)CC1. The standard InChI is InChI=1S/C23H31N5O4/c1-2-32-17-5-12-24-23(25-18-19-8-10-20(11-9-19)28(30)31)27-15-13-26(14-16-27)21-6-3-4-7-22(21)29/h3-4,6-11,29H,2,5,12-18H2,1H3,(H,24,25). The summed E-state index contributed by atoms with van der Waals surface area (Å²) in [6, 6.07) is 13.9. The second-order valence-corrected chi connectivity index (χ2v) is 7.50. The van der Waals surface area contributed by atoms with Crippen molar-refractivity contribution in [1.82, 2.24) is 10.2 Å². The number of phenolic OH excluding ortho intramolecular Hbond substituents is 1. The Morgan fingerprint density at radius 3 is 2.53 bits per heavy atom. The zero-order valence-electron chi connectivity index (χ0n) is 18.4. The van der Waals surface area contributed by atoms with Crippen molar-refractivity contribution in [2.45, 2.75) is 19.9 Å². The number of nitro benzene ring substituents is 1. The first-order chi connectivity index (χ1) is 15.6. The predicted molar refractivity (Wildman–Crippen MR) is 125 cm³/mol. The van der Waals surface area contributed by atoms with Gasteiger partial charge in [-0.15, -0.1) is 0 Å². The van der Waals surface area contributed by atoms with Crippen LogP contribution in [0.3, 0.4) is 0 Å². The molecular formula is C23H31N5O4. The number of ether oxygens (including phenoxy) is 1. The first-order valence-electron chi connectivity index (χ1n) is 11.0. The third-order valence-electron chi connectivity index (χ3n) is 5.31. The quantitative estimate of drug-likeness (QED) is 0.203. The first-order valence-corrected chi connectivity index (χ1v) is 11.0. The minimum Gasteiger partial charge on any atom is -0.506 e. The summed E-state index contributed by atoms with van der Waals surface area (Å²) in [5.41, 5.74) is 1.84. The molecule has 2 aromatic rings. The van der Waals surface area contributed by atoms with Gasteiger partial charge in [-0.25, -0.2) is 4.99 Å². The van der Waals surface area contributed by atoms with Crippen molar-refractivity contribution in [3.8, 4) is 5.75 Å². The number of phenols is 1. The summed E-state index contributed by atoms with van der Waals surface area (Å²) in [4.78, 5) is 19.6. The number of anilines is 1. The number of nitrogens with one attached hydrogen (secondary N) is 1. The van der Waals surface area contributed by atoms with E-state index in [1.165, 1.54) is 12.1 Å². The van der Waals surface area contributed by atoms with Crippen molar-refractivity contribution in [3.05, 3.63) is 64.2 Å². The average Bonchev–Trinajstić information content (AvgIpc) is 2.82. The maximum atomic E-state index is 10.9. The van der Waals surface area contributed by atoms with Crippen LogP contribution in [0.4, 0.5) is 11.4 Å². The van der Waals surface area contributed by atoms with Gasteiger partial charge in [0.25, 0.3) is 5.69 Å². The van der Waals surface area contributed by atoms with Gasteiger partial charge >= 0.3 is 0 Å². The number of rotatable bonds is 9. The monoisotopic (exact) mass is 441 g/mol. The summed E-state index contributed by atoms with van der Waals surface area (Å²) < 4.78 is 5.42. The molecule has 0 bridgehead atoms. The van der Waals surface area contributed by atoms with Crippen LogP contribution in [0.15, 0.2) is 53.5 Å². The molecule has 0 unspecified atom stereocenters. The molecule has 1 fully saturated rings. The maximum Gasteiger partial charge on any atom is 0.269 e. The van der Waals surface area contributed by atoms with E-state index in [9.17, 15) is 15.2 Å². The molecule has 0 radical (unpaired) electrons. The number of benzene rings is 2. The zero-order chi connectivity index (χ0) is 22.8. The molecule has 1 aliphatic heterocycles. The fourth-order valence-corrected chi connectivity index (χ4v) is 3.57. The summed E-state index contributed by atoms with van der Waals surface area (Å²) in [5.74, 6) is 1.11. The lowest BCUT2D eigenvalue weighted by Crippen LogP contribution is -2.52. The molecule has 0 atom stereocenters. The molecule has 32 heavy (non-hydrogen) atoms. The van der Waals surface area contributed by atoms with E-state index in [-0.39, 0.29) is 5.69 Å². The Morgan fingerprint density at radius 2 is 1.88 bits per heavy atom. The Labute approximate surface area is 188 Å². The number of para-hydroxylation sites is 2. The van der Waals surface area contributed by atoms with Gasteiger partial charge in [-0.1, -0.05) is 24.3 Å².